The van der Waals surface area contributed by atoms with Gasteiger partial charge in [-0.2, -0.15) is 0 Å². The third-order valence-corrected chi connectivity index (χ3v) is 3.37. The number of aromatic carboxylic acids is 1. The van der Waals surface area contributed by atoms with E-state index in [0.29, 0.717) is 5.02 Å². The van der Waals surface area contributed by atoms with Crippen LogP contribution in [0.2, 0.25) is 10.0 Å². The minimum absolute atomic E-state index is 0. The Morgan fingerprint density at radius 3 is 2.32 bits per heavy atom. The largest absolute Gasteiger partial charge is 1.00 e. The predicted molar refractivity (Wildman–Crippen MR) is 79.9 cm³/mol. The summed E-state index contributed by atoms with van der Waals surface area (Å²) in [6, 6.07) is 9.04. The molecule has 0 unspecified atom stereocenters. The van der Waals surface area contributed by atoms with Crippen LogP contribution in [0.1, 0.15) is 26.3 Å². The molecule has 1 N–H and O–H groups in total. The average Bonchev–Trinajstić information content (AvgIpc) is 2.40. The van der Waals surface area contributed by atoms with E-state index in [1.807, 2.05) is 0 Å². The van der Waals surface area contributed by atoms with E-state index in [4.69, 9.17) is 23.2 Å². The maximum Gasteiger partial charge on any atom is 1.00 e. The van der Waals surface area contributed by atoms with Crippen LogP contribution in [0.4, 0.5) is 5.69 Å². The van der Waals surface area contributed by atoms with Crippen LogP contribution in [0.3, 0.4) is 0 Å². The molecule has 0 bridgehead atoms. The number of nitrogens with one attached hydrogen (secondary N) is 1. The molecule has 0 aliphatic heterocycles. The van der Waals surface area contributed by atoms with Gasteiger partial charge in [0.05, 0.1) is 22.2 Å². The van der Waals surface area contributed by atoms with E-state index in [-0.39, 0.29) is 40.7 Å². The van der Waals surface area contributed by atoms with Crippen molar-refractivity contribution < 1.29 is 33.6 Å². The molecular weight excluding hydrogens is 320 g/mol. The van der Waals surface area contributed by atoms with Gasteiger partial charge >= 0.3 is 18.9 Å². The van der Waals surface area contributed by atoms with E-state index in [2.05, 4.69) is 5.32 Å². The summed E-state index contributed by atoms with van der Waals surface area (Å²) in [5.74, 6) is -1.89. The first kappa shape index (κ1) is 18.6. The SMILES string of the molecule is Cc1ccc(NC(=O)c2ccc(Cl)cc2Cl)c(C(=O)[O-])c1.[Li+]. The van der Waals surface area contributed by atoms with Gasteiger partial charge in [-0.1, -0.05) is 34.8 Å². The Morgan fingerprint density at radius 1 is 1.05 bits per heavy atom. The fourth-order valence-electron chi connectivity index (χ4n) is 1.80. The fourth-order valence-corrected chi connectivity index (χ4v) is 2.29. The molecule has 0 saturated heterocycles. The quantitative estimate of drug-likeness (QED) is 0.801. The van der Waals surface area contributed by atoms with Crippen molar-refractivity contribution in [3.05, 3.63) is 63.1 Å². The van der Waals surface area contributed by atoms with Crippen LogP contribution in [0.25, 0.3) is 0 Å². The molecule has 0 aliphatic rings. The molecular formula is C15H10Cl2LiNO3. The van der Waals surface area contributed by atoms with Crippen LogP contribution in [0, 0.1) is 6.92 Å². The van der Waals surface area contributed by atoms with Gasteiger partial charge in [-0.15, -0.1) is 0 Å². The Labute approximate surface area is 149 Å². The second-order valence-corrected chi connectivity index (χ2v) is 5.26. The summed E-state index contributed by atoms with van der Waals surface area (Å²) in [7, 11) is 0. The zero-order chi connectivity index (χ0) is 15.6. The zero-order valence-electron chi connectivity index (χ0n) is 11.9. The number of carbonyl (C=O) groups is 2. The molecule has 0 radical (unpaired) electrons. The first-order chi connectivity index (χ1) is 9.88. The minimum Gasteiger partial charge on any atom is -0.545 e. The number of benzene rings is 2. The molecule has 108 valence electrons. The van der Waals surface area contributed by atoms with Gasteiger partial charge in [-0.3, -0.25) is 4.79 Å². The van der Waals surface area contributed by atoms with Crippen molar-refractivity contribution in [1.82, 2.24) is 0 Å². The molecule has 0 aliphatic carbocycles. The van der Waals surface area contributed by atoms with Crippen molar-refractivity contribution in [1.29, 1.82) is 0 Å². The maximum atomic E-state index is 12.2. The number of carboxylic acid groups (broad SMARTS) is 1. The topological polar surface area (TPSA) is 69.2 Å². The minimum atomic E-state index is -1.36. The number of rotatable bonds is 3. The second-order valence-electron chi connectivity index (χ2n) is 4.41. The number of hydrogen-bond donors (Lipinski definition) is 1. The molecule has 0 fully saturated rings. The third kappa shape index (κ3) is 4.28. The summed E-state index contributed by atoms with van der Waals surface area (Å²) in [6.45, 7) is 1.74. The van der Waals surface area contributed by atoms with Crippen molar-refractivity contribution in [3.8, 4) is 0 Å². The number of carbonyl (C=O) groups excluding carboxylic acids is 2. The number of anilines is 1. The number of hydrogen-bond acceptors (Lipinski definition) is 3. The molecule has 0 atom stereocenters. The van der Waals surface area contributed by atoms with Crippen molar-refractivity contribution in [2.45, 2.75) is 6.92 Å². The Morgan fingerprint density at radius 2 is 1.73 bits per heavy atom. The average molecular weight is 330 g/mol. The van der Waals surface area contributed by atoms with Crippen LogP contribution >= 0.6 is 23.2 Å². The number of aryl methyl sites for hydroxylation is 1. The van der Waals surface area contributed by atoms with Gasteiger partial charge in [0.25, 0.3) is 5.91 Å². The molecule has 1 amide bonds. The van der Waals surface area contributed by atoms with Gasteiger partial charge in [-0.25, -0.2) is 0 Å². The summed E-state index contributed by atoms with van der Waals surface area (Å²) < 4.78 is 0. The Hall–Kier alpha value is -1.44. The van der Waals surface area contributed by atoms with Gasteiger partial charge in [0.2, 0.25) is 0 Å². The Balaban J connectivity index is 0.00000242. The number of halogens is 2. The van der Waals surface area contributed by atoms with E-state index in [1.54, 1.807) is 13.0 Å². The normalized spacial score (nSPS) is 9.77. The van der Waals surface area contributed by atoms with E-state index in [0.717, 1.165) is 5.56 Å². The molecule has 0 saturated carbocycles. The summed E-state index contributed by atoms with van der Waals surface area (Å²) in [5, 5.41) is 14.2. The monoisotopic (exact) mass is 329 g/mol. The van der Waals surface area contributed by atoms with Gasteiger partial charge in [-0.05, 0) is 37.3 Å². The predicted octanol–water partition coefficient (Wildman–Crippen LogP) is -0.0784. The fraction of sp³-hybridized carbons (Fsp3) is 0.0667. The number of carboxylic acids is 1. The first-order valence-corrected chi connectivity index (χ1v) is 6.72. The molecule has 0 heterocycles. The standard InChI is InChI=1S/C15H11Cl2NO3.Li/c1-8-2-5-13(11(6-8)15(20)21)18-14(19)10-4-3-9(16)7-12(10)17;/h2-7H,1H3,(H,18,19)(H,20,21);/q;+1/p-1. The van der Waals surface area contributed by atoms with Crippen LogP contribution < -0.4 is 29.3 Å². The Bertz CT molecular complexity index is 735. The van der Waals surface area contributed by atoms with Gasteiger partial charge in [0.1, 0.15) is 0 Å². The third-order valence-electron chi connectivity index (χ3n) is 2.82. The smallest absolute Gasteiger partial charge is 0.545 e. The summed E-state index contributed by atoms with van der Waals surface area (Å²) in [6.07, 6.45) is 0. The van der Waals surface area contributed by atoms with Crippen LogP contribution in [0.5, 0.6) is 0 Å². The Kier molecular flexibility index (Phi) is 6.52. The molecule has 2 aromatic carbocycles. The van der Waals surface area contributed by atoms with Crippen molar-refractivity contribution in [2.75, 3.05) is 5.32 Å². The van der Waals surface area contributed by atoms with Crippen molar-refractivity contribution in [3.63, 3.8) is 0 Å². The molecule has 22 heavy (non-hydrogen) atoms. The van der Waals surface area contributed by atoms with Crippen molar-refractivity contribution in [2.24, 2.45) is 0 Å². The van der Waals surface area contributed by atoms with Crippen LogP contribution in [0.15, 0.2) is 36.4 Å². The molecule has 2 aromatic rings. The molecule has 7 heteroatoms. The molecule has 0 aromatic heterocycles. The van der Waals surface area contributed by atoms with Gasteiger partial charge in [0, 0.05) is 10.6 Å². The van der Waals surface area contributed by atoms with Crippen LogP contribution in [-0.4, -0.2) is 11.9 Å². The van der Waals surface area contributed by atoms with E-state index < -0.39 is 11.9 Å². The molecule has 2 rings (SSSR count). The zero-order valence-corrected chi connectivity index (χ0v) is 13.5. The van der Waals surface area contributed by atoms with E-state index in [9.17, 15) is 14.7 Å². The maximum absolute atomic E-state index is 12.2. The summed E-state index contributed by atoms with van der Waals surface area (Å²) in [4.78, 5) is 23.3. The van der Waals surface area contributed by atoms with Gasteiger partial charge < -0.3 is 15.2 Å². The first-order valence-electron chi connectivity index (χ1n) is 5.97. The second kappa shape index (κ2) is 7.71. The van der Waals surface area contributed by atoms with Crippen molar-refractivity contribution >= 4 is 40.8 Å². The summed E-state index contributed by atoms with van der Waals surface area (Å²) >= 11 is 11.7. The van der Waals surface area contributed by atoms with E-state index in [1.165, 1.54) is 30.3 Å². The van der Waals surface area contributed by atoms with Gasteiger partial charge in [0.15, 0.2) is 0 Å². The molecule has 0 spiro atoms. The number of amides is 1. The van der Waals surface area contributed by atoms with E-state index >= 15 is 0 Å². The van der Waals surface area contributed by atoms with Crippen LogP contribution in [-0.2, 0) is 0 Å². The summed E-state index contributed by atoms with van der Waals surface area (Å²) in [5.41, 5.74) is 1.01. The molecule has 4 nitrogen and oxygen atoms in total.